The Morgan fingerprint density at radius 3 is 2.89 bits per heavy atom. The SMILES string of the molecule is CC1(C)C(=Nc2nc(NCc3cnccc3CF)ncc2C#N)C[C@@H]1N=O. The lowest BCUT2D eigenvalue weighted by Crippen LogP contribution is -2.48. The van der Waals surface area contributed by atoms with Gasteiger partial charge in [0.2, 0.25) is 5.95 Å². The smallest absolute Gasteiger partial charge is 0.225 e. The minimum atomic E-state index is -0.590. The summed E-state index contributed by atoms with van der Waals surface area (Å²) in [6.07, 6.45) is 4.95. The van der Waals surface area contributed by atoms with E-state index in [-0.39, 0.29) is 29.9 Å². The molecule has 1 atom stereocenters. The van der Waals surface area contributed by atoms with Crippen molar-refractivity contribution in [2.75, 3.05) is 5.32 Å². The van der Waals surface area contributed by atoms with E-state index in [1.165, 1.54) is 12.4 Å². The molecule has 0 amide bonds. The van der Waals surface area contributed by atoms with Crippen LogP contribution in [0.2, 0.25) is 0 Å². The van der Waals surface area contributed by atoms with E-state index in [4.69, 9.17) is 0 Å². The van der Waals surface area contributed by atoms with Gasteiger partial charge in [-0.15, -0.1) is 0 Å². The first kappa shape index (κ1) is 18.5. The van der Waals surface area contributed by atoms with Crippen molar-refractivity contribution >= 4 is 17.5 Å². The highest BCUT2D eigenvalue weighted by atomic mass is 19.1. The molecule has 1 aliphatic rings. The molecule has 0 unspecified atom stereocenters. The molecule has 2 aromatic heterocycles. The van der Waals surface area contributed by atoms with Gasteiger partial charge in [-0.25, -0.2) is 14.4 Å². The van der Waals surface area contributed by atoms with Crippen LogP contribution in [0, 0.1) is 21.7 Å². The molecule has 1 aliphatic carbocycles. The molecule has 2 heterocycles. The average molecular weight is 367 g/mol. The molecular formula is C18H18FN7O. The summed E-state index contributed by atoms with van der Waals surface area (Å²) in [5.41, 5.74) is 1.77. The highest BCUT2D eigenvalue weighted by Crippen LogP contribution is 2.41. The molecule has 138 valence electrons. The van der Waals surface area contributed by atoms with Gasteiger partial charge >= 0.3 is 0 Å². The van der Waals surface area contributed by atoms with E-state index in [0.717, 1.165) is 5.71 Å². The molecule has 2 aromatic rings. The van der Waals surface area contributed by atoms with Crippen molar-refractivity contribution in [3.05, 3.63) is 46.3 Å². The number of alkyl halides is 1. The van der Waals surface area contributed by atoms with Crippen LogP contribution in [0.1, 0.15) is 37.0 Å². The van der Waals surface area contributed by atoms with E-state index in [2.05, 4.69) is 30.4 Å². The maximum atomic E-state index is 13.0. The van der Waals surface area contributed by atoms with Crippen LogP contribution in [-0.4, -0.2) is 26.7 Å². The molecule has 0 spiro atoms. The van der Waals surface area contributed by atoms with Crippen LogP contribution in [0.25, 0.3) is 0 Å². The predicted molar refractivity (Wildman–Crippen MR) is 98.2 cm³/mol. The zero-order chi connectivity index (χ0) is 19.4. The zero-order valence-electron chi connectivity index (χ0n) is 15.0. The Hall–Kier alpha value is -3.28. The maximum absolute atomic E-state index is 13.0. The van der Waals surface area contributed by atoms with Gasteiger partial charge in [-0.1, -0.05) is 19.0 Å². The summed E-state index contributed by atoms with van der Waals surface area (Å²) in [4.78, 5) is 27.7. The molecule has 8 nitrogen and oxygen atoms in total. The van der Waals surface area contributed by atoms with E-state index in [1.807, 2.05) is 19.9 Å². The molecule has 3 rings (SSSR count). The molecule has 27 heavy (non-hydrogen) atoms. The van der Waals surface area contributed by atoms with Crippen molar-refractivity contribution in [3.63, 3.8) is 0 Å². The molecule has 0 aliphatic heterocycles. The van der Waals surface area contributed by atoms with Gasteiger partial charge in [0.1, 0.15) is 24.3 Å². The lowest BCUT2D eigenvalue weighted by atomic mass is 9.65. The van der Waals surface area contributed by atoms with Gasteiger partial charge < -0.3 is 5.32 Å². The molecule has 1 saturated carbocycles. The Labute approximate surface area is 155 Å². The lowest BCUT2D eigenvalue weighted by molar-refractivity contribution is 0.338. The first-order chi connectivity index (χ1) is 13.0. The van der Waals surface area contributed by atoms with E-state index < -0.39 is 12.1 Å². The summed E-state index contributed by atoms with van der Waals surface area (Å²) >= 11 is 0. The zero-order valence-corrected chi connectivity index (χ0v) is 15.0. The number of nitriles is 1. The van der Waals surface area contributed by atoms with Gasteiger partial charge in [0.15, 0.2) is 5.82 Å². The van der Waals surface area contributed by atoms with Crippen molar-refractivity contribution in [1.29, 1.82) is 5.26 Å². The number of pyridine rings is 1. The fraction of sp³-hybridized carbons (Fsp3) is 0.389. The van der Waals surface area contributed by atoms with Crippen LogP contribution in [0.3, 0.4) is 0 Å². The van der Waals surface area contributed by atoms with Crippen LogP contribution in [0.15, 0.2) is 34.8 Å². The standard InChI is InChI=1S/C18H18FN7O/c1-18(2)14(5-15(18)26-27)24-16-12(7-20)9-22-17(25-16)23-10-13-8-21-4-3-11(13)6-19/h3-4,8-9,15H,5-6,10H2,1-2H3,(H,22,23,25)/t15-/m0/s1. The number of nitrogens with zero attached hydrogens (tertiary/aromatic N) is 6. The van der Waals surface area contributed by atoms with Crippen LogP contribution in [0.4, 0.5) is 16.2 Å². The van der Waals surface area contributed by atoms with Gasteiger partial charge in [-0.2, -0.15) is 15.2 Å². The van der Waals surface area contributed by atoms with Crippen molar-refractivity contribution in [2.45, 2.75) is 39.5 Å². The summed E-state index contributed by atoms with van der Waals surface area (Å²) in [5.74, 6) is 0.503. The number of hydrogen-bond donors (Lipinski definition) is 1. The fourth-order valence-corrected chi connectivity index (χ4v) is 2.79. The predicted octanol–water partition coefficient (Wildman–Crippen LogP) is 3.46. The minimum absolute atomic E-state index is 0.234. The number of aliphatic imine (C=N–C) groups is 1. The third kappa shape index (κ3) is 3.65. The number of anilines is 1. The molecule has 0 bridgehead atoms. The summed E-state index contributed by atoms with van der Waals surface area (Å²) in [5, 5.41) is 15.4. The minimum Gasteiger partial charge on any atom is -0.350 e. The first-order valence-corrected chi connectivity index (χ1v) is 8.38. The normalized spacial score (nSPS) is 19.2. The molecule has 1 fully saturated rings. The fourth-order valence-electron chi connectivity index (χ4n) is 2.79. The number of rotatable bonds is 6. The van der Waals surface area contributed by atoms with Crippen LogP contribution in [-0.2, 0) is 13.2 Å². The number of halogens is 1. The molecule has 1 N–H and O–H groups in total. The van der Waals surface area contributed by atoms with E-state index in [0.29, 0.717) is 17.5 Å². The Balaban J connectivity index is 1.82. The summed E-state index contributed by atoms with van der Waals surface area (Å²) in [6.45, 7) is 3.47. The Morgan fingerprint density at radius 2 is 2.22 bits per heavy atom. The molecule has 0 saturated heterocycles. The van der Waals surface area contributed by atoms with Crippen LogP contribution < -0.4 is 5.32 Å². The van der Waals surface area contributed by atoms with Gasteiger partial charge in [-0.3, -0.25) is 4.98 Å². The Morgan fingerprint density at radius 1 is 1.41 bits per heavy atom. The molecule has 9 heteroatoms. The quantitative estimate of drug-likeness (QED) is 0.782. The summed E-state index contributed by atoms with van der Waals surface area (Å²) in [6, 6.07) is 3.30. The second kappa shape index (κ2) is 7.53. The number of nitroso groups, excluding NO2 is 1. The maximum Gasteiger partial charge on any atom is 0.225 e. The van der Waals surface area contributed by atoms with Gasteiger partial charge in [0.25, 0.3) is 0 Å². The first-order valence-electron chi connectivity index (χ1n) is 8.38. The van der Waals surface area contributed by atoms with E-state index in [9.17, 15) is 14.6 Å². The van der Waals surface area contributed by atoms with Crippen molar-refractivity contribution in [3.8, 4) is 6.07 Å². The third-order valence-electron chi connectivity index (χ3n) is 4.81. The summed E-state index contributed by atoms with van der Waals surface area (Å²) in [7, 11) is 0. The monoisotopic (exact) mass is 367 g/mol. The van der Waals surface area contributed by atoms with E-state index >= 15 is 0 Å². The Bertz CT molecular complexity index is 936. The number of aromatic nitrogens is 3. The molecule has 0 aromatic carbocycles. The molecular weight excluding hydrogens is 349 g/mol. The van der Waals surface area contributed by atoms with Crippen molar-refractivity contribution in [1.82, 2.24) is 15.0 Å². The van der Waals surface area contributed by atoms with Crippen LogP contribution >= 0.6 is 0 Å². The number of nitrogens with one attached hydrogen (secondary N) is 1. The topological polar surface area (TPSA) is 116 Å². The number of hydrogen-bond acceptors (Lipinski definition) is 8. The second-order valence-electron chi connectivity index (χ2n) is 6.78. The summed E-state index contributed by atoms with van der Waals surface area (Å²) < 4.78 is 13.0. The Kier molecular flexibility index (Phi) is 5.16. The second-order valence-corrected chi connectivity index (χ2v) is 6.78. The van der Waals surface area contributed by atoms with Gasteiger partial charge in [0, 0.05) is 36.5 Å². The van der Waals surface area contributed by atoms with Crippen LogP contribution in [0.5, 0.6) is 0 Å². The van der Waals surface area contributed by atoms with Gasteiger partial charge in [0.05, 0.1) is 6.20 Å². The largest absolute Gasteiger partial charge is 0.350 e. The molecule has 0 radical (unpaired) electrons. The van der Waals surface area contributed by atoms with Gasteiger partial charge in [-0.05, 0) is 17.2 Å². The van der Waals surface area contributed by atoms with E-state index in [1.54, 1.807) is 12.3 Å². The van der Waals surface area contributed by atoms with Crippen molar-refractivity contribution in [2.24, 2.45) is 15.6 Å². The highest BCUT2D eigenvalue weighted by Gasteiger charge is 2.46. The lowest BCUT2D eigenvalue weighted by Gasteiger charge is -2.41. The third-order valence-corrected chi connectivity index (χ3v) is 4.81. The highest BCUT2D eigenvalue weighted by molar-refractivity contribution is 5.98. The van der Waals surface area contributed by atoms with Crippen molar-refractivity contribution < 1.29 is 4.39 Å². The average Bonchev–Trinajstić information content (AvgIpc) is 2.69.